The van der Waals surface area contributed by atoms with Crippen LogP contribution in [0.5, 0.6) is 0 Å². The minimum atomic E-state index is -1.18. The van der Waals surface area contributed by atoms with Gasteiger partial charge in [-0.3, -0.25) is 4.79 Å². The van der Waals surface area contributed by atoms with Crippen LogP contribution in [0.4, 0.5) is 4.79 Å². The molecule has 3 N–H and O–H groups in total. The van der Waals surface area contributed by atoms with Crippen molar-refractivity contribution < 1.29 is 29.0 Å². The molecular weight excluding hydrogens is 374 g/mol. The fraction of sp³-hybridized carbons (Fsp3) is 0.647. The molecule has 27 heavy (non-hydrogen) atoms. The number of aromatic nitrogens is 1. The highest BCUT2D eigenvalue weighted by Gasteiger charge is 2.28. The number of hydrogen-bond acceptors (Lipinski definition) is 8. The monoisotopic (exact) mass is 401 g/mol. The van der Waals surface area contributed by atoms with E-state index >= 15 is 0 Å². The van der Waals surface area contributed by atoms with E-state index in [2.05, 4.69) is 20.4 Å². The molecule has 0 aliphatic rings. The maximum absolute atomic E-state index is 12.5. The van der Waals surface area contributed by atoms with E-state index in [0.717, 1.165) is 0 Å². The number of rotatable bonds is 7. The summed E-state index contributed by atoms with van der Waals surface area (Å²) in [6.45, 7) is 8.23. The second-order valence-corrected chi connectivity index (χ2v) is 8.06. The fourth-order valence-electron chi connectivity index (χ4n) is 2.04. The van der Waals surface area contributed by atoms with Crippen LogP contribution in [0.15, 0.2) is 5.38 Å². The highest BCUT2D eigenvalue weighted by molar-refractivity contribution is 7.09. The lowest BCUT2D eigenvalue weighted by molar-refractivity contribution is -0.125. The predicted octanol–water partition coefficient (Wildman–Crippen LogP) is 1.63. The number of nitrogens with zero attached hydrogens (tertiary/aromatic N) is 1. The summed E-state index contributed by atoms with van der Waals surface area (Å²) in [6.07, 6.45) is -0.806. The molecule has 1 heterocycles. The van der Waals surface area contributed by atoms with Gasteiger partial charge in [0.1, 0.15) is 16.7 Å². The molecule has 2 atom stereocenters. The second-order valence-electron chi connectivity index (χ2n) is 7.17. The van der Waals surface area contributed by atoms with Crippen molar-refractivity contribution in [2.75, 3.05) is 13.7 Å². The third kappa shape index (κ3) is 7.14. The lowest BCUT2D eigenvalue weighted by Gasteiger charge is -2.25. The van der Waals surface area contributed by atoms with Crippen LogP contribution in [0.25, 0.3) is 0 Å². The maximum Gasteiger partial charge on any atom is 0.408 e. The first-order valence-corrected chi connectivity index (χ1v) is 9.31. The Kier molecular flexibility index (Phi) is 8.17. The number of carbonyl (C=O) groups excluding carboxylic acids is 3. The van der Waals surface area contributed by atoms with Gasteiger partial charge >= 0.3 is 12.1 Å². The minimum absolute atomic E-state index is 0.0496. The minimum Gasteiger partial charge on any atom is -0.464 e. The summed E-state index contributed by atoms with van der Waals surface area (Å²) < 4.78 is 9.73. The molecule has 0 fully saturated rings. The zero-order valence-electron chi connectivity index (χ0n) is 16.4. The van der Waals surface area contributed by atoms with Gasteiger partial charge < -0.3 is 25.2 Å². The van der Waals surface area contributed by atoms with E-state index < -0.39 is 42.3 Å². The van der Waals surface area contributed by atoms with Crippen molar-refractivity contribution in [2.45, 2.75) is 52.3 Å². The van der Waals surface area contributed by atoms with Crippen LogP contribution in [0.3, 0.4) is 0 Å². The summed E-state index contributed by atoms with van der Waals surface area (Å²) in [5, 5.41) is 16.6. The van der Waals surface area contributed by atoms with Crippen LogP contribution in [-0.4, -0.2) is 53.4 Å². The number of carbonyl (C=O) groups is 3. The lowest BCUT2D eigenvalue weighted by atomic mass is 10.0. The molecule has 1 aromatic rings. The summed E-state index contributed by atoms with van der Waals surface area (Å²) in [5.41, 5.74) is -0.574. The molecule has 0 radical (unpaired) electrons. The lowest BCUT2D eigenvalue weighted by Crippen LogP contribution is -2.51. The molecule has 1 aromatic heterocycles. The van der Waals surface area contributed by atoms with E-state index in [9.17, 15) is 19.5 Å². The summed E-state index contributed by atoms with van der Waals surface area (Å²) in [6, 6.07) is -1.68. The Hall–Kier alpha value is -2.20. The summed E-state index contributed by atoms with van der Waals surface area (Å²) in [4.78, 5) is 40.1. The van der Waals surface area contributed by atoms with Crippen LogP contribution < -0.4 is 10.6 Å². The number of amides is 2. The average Bonchev–Trinajstić information content (AvgIpc) is 3.04. The summed E-state index contributed by atoms with van der Waals surface area (Å²) in [7, 11) is 1.26. The van der Waals surface area contributed by atoms with Gasteiger partial charge in [-0.15, -0.1) is 11.3 Å². The molecule has 0 saturated carbocycles. The Morgan fingerprint density at radius 3 is 2.37 bits per heavy atom. The molecule has 0 aliphatic carbocycles. The van der Waals surface area contributed by atoms with Crippen molar-refractivity contribution in [3.63, 3.8) is 0 Å². The number of hydrogen-bond donors (Lipinski definition) is 3. The van der Waals surface area contributed by atoms with E-state index in [1.165, 1.54) is 18.4 Å². The Labute approximate surface area is 162 Å². The SMILES string of the molecule is COC(=O)c1csc([C@H](NC(=O)[C@H](CO)NC(=O)OC(C)(C)C)C(C)C)n1. The zero-order chi connectivity index (χ0) is 20.8. The Morgan fingerprint density at radius 2 is 1.89 bits per heavy atom. The topological polar surface area (TPSA) is 127 Å². The quantitative estimate of drug-likeness (QED) is 0.593. The van der Waals surface area contributed by atoms with E-state index in [1.807, 2.05) is 13.8 Å². The molecule has 0 aromatic carbocycles. The van der Waals surface area contributed by atoms with Gasteiger partial charge in [0, 0.05) is 5.38 Å². The Bertz CT molecular complexity index is 668. The number of aliphatic hydroxyl groups is 1. The molecule has 0 saturated heterocycles. The molecular formula is C17H27N3O6S. The van der Waals surface area contributed by atoms with Gasteiger partial charge in [0.2, 0.25) is 5.91 Å². The number of methoxy groups -OCH3 is 1. The highest BCUT2D eigenvalue weighted by Crippen LogP contribution is 2.25. The van der Waals surface area contributed by atoms with Crippen molar-refractivity contribution in [3.05, 3.63) is 16.1 Å². The predicted molar refractivity (Wildman–Crippen MR) is 99.4 cm³/mol. The maximum atomic E-state index is 12.5. The third-order valence-corrected chi connectivity index (χ3v) is 4.26. The third-order valence-electron chi connectivity index (χ3n) is 3.34. The molecule has 152 valence electrons. The van der Waals surface area contributed by atoms with Crippen molar-refractivity contribution in [3.8, 4) is 0 Å². The van der Waals surface area contributed by atoms with Crippen molar-refractivity contribution in [1.82, 2.24) is 15.6 Å². The molecule has 2 amide bonds. The first kappa shape index (κ1) is 22.8. The molecule has 0 aliphatic heterocycles. The van der Waals surface area contributed by atoms with Crippen LogP contribution in [0, 0.1) is 5.92 Å². The Balaban J connectivity index is 2.85. The number of ether oxygens (including phenoxy) is 2. The molecule has 0 bridgehead atoms. The van der Waals surface area contributed by atoms with Gasteiger partial charge in [0.15, 0.2) is 5.69 Å². The van der Waals surface area contributed by atoms with E-state index in [1.54, 1.807) is 26.2 Å². The van der Waals surface area contributed by atoms with Crippen LogP contribution in [0.1, 0.15) is 56.2 Å². The standard InChI is InChI=1S/C17H27N3O6S/c1-9(2)12(14-18-11(8-27-14)15(23)25-6)20-13(22)10(7-21)19-16(24)26-17(3,4)5/h8-10,12,21H,7H2,1-6H3,(H,19,24)(H,20,22)/t10-,12+/m0/s1. The highest BCUT2D eigenvalue weighted by atomic mass is 32.1. The number of alkyl carbamates (subject to hydrolysis) is 1. The number of esters is 1. The Morgan fingerprint density at radius 1 is 1.26 bits per heavy atom. The van der Waals surface area contributed by atoms with Crippen LogP contribution in [0.2, 0.25) is 0 Å². The molecule has 9 nitrogen and oxygen atoms in total. The van der Waals surface area contributed by atoms with Gasteiger partial charge in [-0.25, -0.2) is 14.6 Å². The van der Waals surface area contributed by atoms with Crippen molar-refractivity contribution in [2.24, 2.45) is 5.92 Å². The normalized spacial score (nSPS) is 13.6. The summed E-state index contributed by atoms with van der Waals surface area (Å²) in [5.74, 6) is -1.20. The zero-order valence-corrected chi connectivity index (χ0v) is 17.2. The number of thiazole rings is 1. The van der Waals surface area contributed by atoms with Gasteiger partial charge in [0.05, 0.1) is 19.8 Å². The van der Waals surface area contributed by atoms with Gasteiger partial charge in [0.25, 0.3) is 0 Å². The smallest absolute Gasteiger partial charge is 0.408 e. The first-order valence-electron chi connectivity index (χ1n) is 8.43. The van der Waals surface area contributed by atoms with Crippen molar-refractivity contribution >= 4 is 29.3 Å². The first-order chi connectivity index (χ1) is 12.5. The van der Waals surface area contributed by atoms with Crippen LogP contribution in [-0.2, 0) is 14.3 Å². The van der Waals surface area contributed by atoms with E-state index in [4.69, 9.17) is 4.74 Å². The van der Waals surface area contributed by atoms with Gasteiger partial charge in [-0.2, -0.15) is 0 Å². The molecule has 1 rings (SSSR count). The van der Waals surface area contributed by atoms with E-state index in [-0.39, 0.29) is 11.6 Å². The second kappa shape index (κ2) is 9.65. The van der Waals surface area contributed by atoms with Crippen molar-refractivity contribution in [1.29, 1.82) is 0 Å². The number of nitrogens with one attached hydrogen (secondary N) is 2. The summed E-state index contributed by atoms with van der Waals surface area (Å²) >= 11 is 1.21. The number of aliphatic hydroxyl groups excluding tert-OH is 1. The van der Waals surface area contributed by atoms with E-state index in [0.29, 0.717) is 5.01 Å². The average molecular weight is 401 g/mol. The largest absolute Gasteiger partial charge is 0.464 e. The molecule has 0 unspecified atom stereocenters. The van der Waals surface area contributed by atoms with Gasteiger partial charge in [-0.05, 0) is 26.7 Å². The molecule has 10 heteroatoms. The van der Waals surface area contributed by atoms with Gasteiger partial charge in [-0.1, -0.05) is 13.8 Å². The van der Waals surface area contributed by atoms with Crippen LogP contribution >= 0.6 is 11.3 Å². The molecule has 0 spiro atoms. The fourth-order valence-corrected chi connectivity index (χ4v) is 3.05.